The van der Waals surface area contributed by atoms with Crippen molar-refractivity contribution in [2.45, 2.75) is 45.6 Å². The molecule has 1 aliphatic carbocycles. The van der Waals surface area contributed by atoms with E-state index >= 15 is 0 Å². The molecule has 0 saturated heterocycles. The van der Waals surface area contributed by atoms with Crippen molar-refractivity contribution >= 4 is 18.1 Å². The fourth-order valence-corrected chi connectivity index (χ4v) is 2.85. The third-order valence-corrected chi connectivity index (χ3v) is 4.49. The van der Waals surface area contributed by atoms with Gasteiger partial charge in [0.15, 0.2) is 0 Å². The van der Waals surface area contributed by atoms with E-state index in [4.69, 9.17) is 5.73 Å². The highest BCUT2D eigenvalue weighted by molar-refractivity contribution is 5.55. The van der Waals surface area contributed by atoms with Crippen LogP contribution in [0.2, 0.25) is 0 Å². The monoisotopic (exact) mass is 359 g/mol. The SMILES string of the molecule is C=c1nc(C)nc(NC(C)c2ccc(C(C)(F)F)nc2)c1=C(N)C1CC1. The Morgan fingerprint density at radius 1 is 1.35 bits per heavy atom. The number of alkyl halides is 2. The predicted molar refractivity (Wildman–Crippen MR) is 97.7 cm³/mol. The summed E-state index contributed by atoms with van der Waals surface area (Å²) in [4.78, 5) is 12.7. The summed E-state index contributed by atoms with van der Waals surface area (Å²) in [6.07, 6.45) is 3.58. The second-order valence-electron chi connectivity index (χ2n) is 6.90. The maximum atomic E-state index is 13.3. The average molecular weight is 359 g/mol. The van der Waals surface area contributed by atoms with Gasteiger partial charge in [0.2, 0.25) is 0 Å². The van der Waals surface area contributed by atoms with E-state index in [1.54, 1.807) is 13.0 Å². The summed E-state index contributed by atoms with van der Waals surface area (Å²) >= 11 is 0. The van der Waals surface area contributed by atoms with Crippen LogP contribution >= 0.6 is 0 Å². The van der Waals surface area contributed by atoms with E-state index in [2.05, 4.69) is 26.8 Å². The van der Waals surface area contributed by atoms with Crippen LogP contribution in [0.15, 0.2) is 18.3 Å². The topological polar surface area (TPSA) is 76.7 Å². The second-order valence-corrected chi connectivity index (χ2v) is 6.90. The number of halogens is 2. The molecule has 5 nitrogen and oxygen atoms in total. The first-order valence-electron chi connectivity index (χ1n) is 8.61. The van der Waals surface area contributed by atoms with Crippen molar-refractivity contribution in [3.8, 4) is 0 Å². The Hall–Kier alpha value is -2.57. The first-order chi connectivity index (χ1) is 12.2. The molecule has 3 N–H and O–H groups in total. The van der Waals surface area contributed by atoms with Crippen LogP contribution in [0.4, 0.5) is 14.6 Å². The third kappa shape index (κ3) is 3.81. The minimum atomic E-state index is -2.96. The highest BCUT2D eigenvalue weighted by Gasteiger charge is 2.27. The predicted octanol–water partition coefficient (Wildman–Crippen LogP) is 2.35. The molecule has 1 atom stereocenters. The van der Waals surface area contributed by atoms with Crippen LogP contribution in [-0.2, 0) is 5.92 Å². The number of anilines is 1. The highest BCUT2D eigenvalue weighted by atomic mass is 19.3. The largest absolute Gasteiger partial charge is 0.401 e. The molecule has 138 valence electrons. The van der Waals surface area contributed by atoms with E-state index in [1.807, 2.05) is 6.92 Å². The Labute approximate surface area is 151 Å². The lowest BCUT2D eigenvalue weighted by Crippen LogP contribution is -2.37. The molecule has 0 aromatic carbocycles. The van der Waals surface area contributed by atoms with Crippen LogP contribution in [0.5, 0.6) is 0 Å². The van der Waals surface area contributed by atoms with Crippen LogP contribution in [0, 0.1) is 12.8 Å². The van der Waals surface area contributed by atoms with Crippen molar-refractivity contribution in [1.29, 1.82) is 0 Å². The molecule has 0 aliphatic heterocycles. The Kier molecular flexibility index (Phi) is 4.64. The molecular weight excluding hydrogens is 336 g/mol. The molecule has 1 aliphatic rings. The summed E-state index contributed by atoms with van der Waals surface area (Å²) in [7, 11) is 0. The molecule has 2 aromatic rings. The number of nitrogens with one attached hydrogen (secondary N) is 1. The second kappa shape index (κ2) is 6.63. The van der Waals surface area contributed by atoms with E-state index in [-0.39, 0.29) is 11.7 Å². The summed E-state index contributed by atoms with van der Waals surface area (Å²) in [5, 5.41) is 4.65. The van der Waals surface area contributed by atoms with Gasteiger partial charge >= 0.3 is 0 Å². The number of rotatable bonds is 5. The summed E-state index contributed by atoms with van der Waals surface area (Å²) in [6, 6.07) is 2.79. The van der Waals surface area contributed by atoms with Crippen molar-refractivity contribution in [2.75, 3.05) is 5.32 Å². The number of nitrogens with zero attached hydrogens (tertiary/aromatic N) is 3. The molecule has 0 radical (unpaired) electrons. The highest BCUT2D eigenvalue weighted by Crippen LogP contribution is 2.34. The Morgan fingerprint density at radius 3 is 2.58 bits per heavy atom. The maximum absolute atomic E-state index is 13.3. The van der Waals surface area contributed by atoms with E-state index in [9.17, 15) is 8.78 Å². The minimum absolute atomic E-state index is 0.193. The van der Waals surface area contributed by atoms with Gasteiger partial charge in [-0.1, -0.05) is 12.6 Å². The standard InChI is InChI=1S/C19H23F2N5/c1-10(14-7-8-15(23-9-14)19(4,20)21)25-18-16(17(22)13-5-6-13)11(2)24-12(3)26-18/h7-10,13H,2,5-6,22H2,1,3-4H3,(H,24,25,26). The zero-order chi connectivity index (χ0) is 19.1. The van der Waals surface area contributed by atoms with Gasteiger partial charge in [-0.2, -0.15) is 8.78 Å². The fourth-order valence-electron chi connectivity index (χ4n) is 2.85. The summed E-state index contributed by atoms with van der Waals surface area (Å²) < 4.78 is 26.7. The summed E-state index contributed by atoms with van der Waals surface area (Å²) in [6.45, 7) is 8.54. The van der Waals surface area contributed by atoms with Crippen molar-refractivity contribution < 1.29 is 8.78 Å². The van der Waals surface area contributed by atoms with E-state index in [1.165, 1.54) is 12.3 Å². The molecule has 1 fully saturated rings. The maximum Gasteiger partial charge on any atom is 0.286 e. The van der Waals surface area contributed by atoms with Crippen LogP contribution in [0.25, 0.3) is 12.3 Å². The minimum Gasteiger partial charge on any atom is -0.401 e. The number of aryl methyl sites for hydroxylation is 1. The molecule has 2 aromatic heterocycles. The summed E-state index contributed by atoms with van der Waals surface area (Å²) in [5.41, 5.74) is 7.57. The van der Waals surface area contributed by atoms with Crippen LogP contribution < -0.4 is 21.6 Å². The molecule has 3 rings (SSSR count). The van der Waals surface area contributed by atoms with Gasteiger partial charge in [-0.15, -0.1) is 0 Å². The van der Waals surface area contributed by atoms with Gasteiger partial charge in [-0.05, 0) is 44.2 Å². The Morgan fingerprint density at radius 2 is 2.04 bits per heavy atom. The number of hydrogen-bond donors (Lipinski definition) is 2. The lowest BCUT2D eigenvalue weighted by atomic mass is 10.1. The zero-order valence-corrected chi connectivity index (χ0v) is 15.2. The molecular formula is C19H23F2N5. The van der Waals surface area contributed by atoms with E-state index in [0.717, 1.165) is 36.2 Å². The summed E-state index contributed by atoms with van der Waals surface area (Å²) in [5.74, 6) is -1.39. The van der Waals surface area contributed by atoms with Gasteiger partial charge in [0.05, 0.1) is 16.6 Å². The van der Waals surface area contributed by atoms with Crippen molar-refractivity contribution in [3.63, 3.8) is 0 Å². The first kappa shape index (κ1) is 18.2. The normalized spacial score (nSPS) is 17.0. The van der Waals surface area contributed by atoms with Gasteiger partial charge in [-0.25, -0.2) is 9.97 Å². The molecule has 2 heterocycles. The van der Waals surface area contributed by atoms with Crippen molar-refractivity contribution in [3.05, 3.63) is 46.0 Å². The number of hydrogen-bond acceptors (Lipinski definition) is 5. The molecule has 0 bridgehead atoms. The molecule has 0 spiro atoms. The molecule has 1 saturated carbocycles. The van der Waals surface area contributed by atoms with Crippen LogP contribution in [0.3, 0.4) is 0 Å². The Bertz CT molecular complexity index is 915. The van der Waals surface area contributed by atoms with Gasteiger partial charge < -0.3 is 11.1 Å². The third-order valence-electron chi connectivity index (χ3n) is 4.49. The lowest BCUT2D eigenvalue weighted by molar-refractivity contribution is 0.0127. The van der Waals surface area contributed by atoms with Gasteiger partial charge in [0.1, 0.15) is 17.3 Å². The van der Waals surface area contributed by atoms with E-state index < -0.39 is 5.92 Å². The molecule has 7 heteroatoms. The van der Waals surface area contributed by atoms with Crippen LogP contribution in [-0.4, -0.2) is 15.0 Å². The average Bonchev–Trinajstić information content (AvgIpc) is 3.38. The fraction of sp³-hybridized carbons (Fsp3) is 0.421. The van der Waals surface area contributed by atoms with E-state index in [0.29, 0.717) is 22.9 Å². The van der Waals surface area contributed by atoms with Crippen LogP contribution in [0.1, 0.15) is 49.8 Å². The molecule has 1 unspecified atom stereocenters. The van der Waals surface area contributed by atoms with Gasteiger partial charge in [0.25, 0.3) is 5.92 Å². The number of nitrogens with two attached hydrogens (primary N) is 1. The van der Waals surface area contributed by atoms with Crippen molar-refractivity contribution in [2.24, 2.45) is 11.7 Å². The lowest BCUT2D eigenvalue weighted by Gasteiger charge is -2.17. The smallest absolute Gasteiger partial charge is 0.286 e. The number of pyridine rings is 1. The molecule has 26 heavy (non-hydrogen) atoms. The first-order valence-corrected chi connectivity index (χ1v) is 8.61. The quantitative estimate of drug-likeness (QED) is 0.857. The Balaban J connectivity index is 1.94. The number of aromatic nitrogens is 3. The van der Waals surface area contributed by atoms with Gasteiger partial charge in [-0.3, -0.25) is 4.98 Å². The zero-order valence-electron chi connectivity index (χ0n) is 15.2. The molecule has 0 amide bonds. The van der Waals surface area contributed by atoms with Crippen molar-refractivity contribution in [1.82, 2.24) is 15.0 Å². The van der Waals surface area contributed by atoms with Gasteiger partial charge in [0, 0.05) is 18.8 Å².